The number of halogens is 2. The largest absolute Gasteiger partial charge is 0.357 e. The van der Waals surface area contributed by atoms with Gasteiger partial charge in [-0.05, 0) is 24.6 Å². The summed E-state index contributed by atoms with van der Waals surface area (Å²) >= 11 is 0. The maximum atomic E-state index is 13.1. The van der Waals surface area contributed by atoms with Crippen molar-refractivity contribution in [2.75, 3.05) is 6.54 Å². The van der Waals surface area contributed by atoms with Crippen LogP contribution in [-0.4, -0.2) is 22.6 Å². The minimum absolute atomic E-state index is 0. The second kappa shape index (κ2) is 9.34. The molecule has 2 aromatic rings. The van der Waals surface area contributed by atoms with Gasteiger partial charge in [0.25, 0.3) is 0 Å². The zero-order valence-corrected chi connectivity index (χ0v) is 14.8. The molecule has 2 N–H and O–H groups in total. The number of aryl methyl sites for hydroxylation is 1. The van der Waals surface area contributed by atoms with Crippen LogP contribution >= 0.6 is 24.0 Å². The maximum absolute atomic E-state index is 13.1. The summed E-state index contributed by atoms with van der Waals surface area (Å²) in [5, 5.41) is 10.00. The van der Waals surface area contributed by atoms with E-state index in [2.05, 4.69) is 25.8 Å². The monoisotopic (exact) mass is 419 g/mol. The van der Waals surface area contributed by atoms with Crippen LogP contribution in [0.25, 0.3) is 0 Å². The van der Waals surface area contributed by atoms with Crippen molar-refractivity contribution < 1.29 is 8.91 Å². The molecule has 2 rings (SSSR count). The first kappa shape index (κ1) is 18.3. The highest BCUT2D eigenvalue weighted by atomic mass is 127. The summed E-state index contributed by atoms with van der Waals surface area (Å²) in [4.78, 5) is 8.49. The highest BCUT2D eigenvalue weighted by Gasteiger charge is 2.04. The molecule has 0 aliphatic heterocycles. The molecule has 0 atom stereocenters. The molecular weight excluding hydrogens is 400 g/mol. The second-order valence-electron chi connectivity index (χ2n) is 4.41. The van der Waals surface area contributed by atoms with Crippen molar-refractivity contribution in [3.05, 3.63) is 47.4 Å². The smallest absolute Gasteiger partial charge is 0.223 e. The predicted octanol–water partition coefficient (Wildman–Crippen LogP) is 2.39. The fourth-order valence-electron chi connectivity index (χ4n) is 1.72. The molecule has 0 aliphatic carbocycles. The fourth-order valence-corrected chi connectivity index (χ4v) is 1.72. The van der Waals surface area contributed by atoms with Gasteiger partial charge in [0.2, 0.25) is 5.89 Å². The van der Waals surface area contributed by atoms with E-state index in [9.17, 15) is 4.39 Å². The van der Waals surface area contributed by atoms with E-state index in [4.69, 9.17) is 4.52 Å². The summed E-state index contributed by atoms with van der Waals surface area (Å²) in [6, 6.07) is 6.38. The predicted molar refractivity (Wildman–Crippen MR) is 92.5 cm³/mol. The van der Waals surface area contributed by atoms with Crippen LogP contribution in [0.3, 0.4) is 0 Å². The number of guanidine groups is 1. The Morgan fingerprint density at radius 1 is 1.36 bits per heavy atom. The number of aliphatic imine (C=N–C) groups is 1. The lowest BCUT2D eigenvalue weighted by Crippen LogP contribution is -2.37. The highest BCUT2D eigenvalue weighted by molar-refractivity contribution is 14.0. The lowest BCUT2D eigenvalue weighted by Gasteiger charge is -2.09. The quantitative estimate of drug-likeness (QED) is 0.442. The number of aromatic nitrogens is 2. The van der Waals surface area contributed by atoms with Gasteiger partial charge in [-0.15, -0.1) is 24.0 Å². The number of hydrogen-bond donors (Lipinski definition) is 2. The molecule has 8 heteroatoms. The van der Waals surface area contributed by atoms with Gasteiger partial charge < -0.3 is 15.2 Å². The van der Waals surface area contributed by atoms with E-state index in [1.54, 1.807) is 13.0 Å². The van der Waals surface area contributed by atoms with E-state index in [1.165, 1.54) is 12.1 Å². The average molecular weight is 419 g/mol. The van der Waals surface area contributed by atoms with Crippen LogP contribution in [0.2, 0.25) is 0 Å². The van der Waals surface area contributed by atoms with E-state index < -0.39 is 0 Å². The number of benzene rings is 1. The van der Waals surface area contributed by atoms with Crippen LogP contribution in [0.4, 0.5) is 4.39 Å². The third kappa shape index (κ3) is 5.96. The maximum Gasteiger partial charge on any atom is 0.223 e. The molecule has 0 fully saturated rings. The molecule has 0 bridgehead atoms. The Kier molecular flexibility index (Phi) is 7.78. The molecular formula is C14H19FIN5O. The van der Waals surface area contributed by atoms with Crippen LogP contribution in [0.5, 0.6) is 0 Å². The van der Waals surface area contributed by atoms with Gasteiger partial charge in [-0.25, -0.2) is 9.38 Å². The molecule has 1 aromatic carbocycles. The molecule has 0 spiro atoms. The van der Waals surface area contributed by atoms with Gasteiger partial charge in [0.15, 0.2) is 11.8 Å². The molecule has 0 unspecified atom stereocenters. The molecule has 0 amide bonds. The first-order chi connectivity index (χ1) is 10.2. The number of rotatable bonds is 5. The Morgan fingerprint density at radius 2 is 2.18 bits per heavy atom. The van der Waals surface area contributed by atoms with E-state index in [1.807, 2.05) is 13.0 Å². The molecule has 0 radical (unpaired) electrons. The van der Waals surface area contributed by atoms with E-state index >= 15 is 0 Å². The van der Waals surface area contributed by atoms with Crippen molar-refractivity contribution in [2.24, 2.45) is 4.99 Å². The first-order valence-electron chi connectivity index (χ1n) is 6.73. The van der Waals surface area contributed by atoms with Crippen molar-refractivity contribution in [3.8, 4) is 0 Å². The Bertz CT molecular complexity index is 617. The Hall–Kier alpha value is -1.71. The topological polar surface area (TPSA) is 75.3 Å². The molecule has 0 saturated carbocycles. The minimum atomic E-state index is -0.261. The lowest BCUT2D eigenvalue weighted by molar-refractivity contribution is 0.387. The third-order valence-corrected chi connectivity index (χ3v) is 2.64. The van der Waals surface area contributed by atoms with E-state index in [0.717, 1.165) is 12.1 Å². The highest BCUT2D eigenvalue weighted by Crippen LogP contribution is 2.04. The van der Waals surface area contributed by atoms with Gasteiger partial charge in [-0.1, -0.05) is 17.3 Å². The number of hydrogen-bond acceptors (Lipinski definition) is 4. The lowest BCUT2D eigenvalue weighted by atomic mass is 10.2. The molecule has 0 saturated heterocycles. The van der Waals surface area contributed by atoms with E-state index in [0.29, 0.717) is 30.8 Å². The Balaban J connectivity index is 0.00000242. The van der Waals surface area contributed by atoms with Crippen molar-refractivity contribution in [3.63, 3.8) is 0 Å². The Labute approximate surface area is 145 Å². The minimum Gasteiger partial charge on any atom is -0.357 e. The summed E-state index contributed by atoms with van der Waals surface area (Å²) in [5.74, 6) is 1.43. The summed E-state index contributed by atoms with van der Waals surface area (Å²) in [6.07, 6.45) is 0. The zero-order chi connectivity index (χ0) is 15.1. The van der Waals surface area contributed by atoms with E-state index in [-0.39, 0.29) is 29.8 Å². The standard InChI is InChI=1S/C14H18FN5O.HI/c1-3-16-14(18-9-13-19-10(2)21-20-13)17-8-11-5-4-6-12(15)7-11;/h4-7H,3,8-9H2,1-2H3,(H2,16,17,18);1H. The second-order valence-corrected chi connectivity index (χ2v) is 4.41. The Morgan fingerprint density at radius 3 is 2.82 bits per heavy atom. The van der Waals surface area contributed by atoms with Gasteiger partial charge in [0, 0.05) is 13.5 Å². The summed E-state index contributed by atoms with van der Waals surface area (Å²) < 4.78 is 18.0. The number of nitrogens with one attached hydrogen (secondary N) is 2. The molecule has 0 aliphatic rings. The van der Waals surface area contributed by atoms with Crippen LogP contribution in [0, 0.1) is 12.7 Å². The van der Waals surface area contributed by atoms with Gasteiger partial charge in [0.1, 0.15) is 5.82 Å². The molecule has 120 valence electrons. The summed E-state index contributed by atoms with van der Waals surface area (Å²) in [6.45, 7) is 5.22. The van der Waals surface area contributed by atoms with Crippen molar-refractivity contribution in [1.82, 2.24) is 20.8 Å². The summed E-state index contributed by atoms with van der Waals surface area (Å²) in [5.41, 5.74) is 0.808. The van der Waals surface area contributed by atoms with Crippen LogP contribution < -0.4 is 10.6 Å². The fraction of sp³-hybridized carbons (Fsp3) is 0.357. The third-order valence-electron chi connectivity index (χ3n) is 2.64. The number of nitrogens with zero attached hydrogens (tertiary/aromatic N) is 3. The van der Waals surface area contributed by atoms with Crippen LogP contribution in [-0.2, 0) is 13.1 Å². The molecule has 1 heterocycles. The zero-order valence-electron chi connectivity index (χ0n) is 12.5. The molecule has 1 aromatic heterocycles. The van der Waals surface area contributed by atoms with Crippen LogP contribution in [0.1, 0.15) is 24.2 Å². The van der Waals surface area contributed by atoms with Gasteiger partial charge in [0.05, 0.1) is 13.1 Å². The van der Waals surface area contributed by atoms with Crippen molar-refractivity contribution in [1.29, 1.82) is 0 Å². The first-order valence-corrected chi connectivity index (χ1v) is 6.73. The summed E-state index contributed by atoms with van der Waals surface area (Å²) in [7, 11) is 0. The normalized spacial score (nSPS) is 11.0. The molecule has 6 nitrogen and oxygen atoms in total. The van der Waals surface area contributed by atoms with Gasteiger partial charge in [-0.3, -0.25) is 0 Å². The SMILES string of the molecule is CCNC(=NCc1cccc(F)c1)NCc1noc(C)n1.I. The van der Waals surface area contributed by atoms with Gasteiger partial charge in [-0.2, -0.15) is 4.98 Å². The van der Waals surface area contributed by atoms with Crippen molar-refractivity contribution in [2.45, 2.75) is 26.9 Å². The average Bonchev–Trinajstić information content (AvgIpc) is 2.88. The molecule has 22 heavy (non-hydrogen) atoms. The van der Waals surface area contributed by atoms with Gasteiger partial charge >= 0.3 is 0 Å². The van der Waals surface area contributed by atoms with Crippen molar-refractivity contribution >= 4 is 29.9 Å². The van der Waals surface area contributed by atoms with Crippen LogP contribution in [0.15, 0.2) is 33.8 Å².